The van der Waals surface area contributed by atoms with Crippen molar-refractivity contribution in [3.63, 3.8) is 0 Å². The maximum absolute atomic E-state index is 6.19. The van der Waals surface area contributed by atoms with Crippen LogP contribution in [0.3, 0.4) is 0 Å². The molecule has 4 heteroatoms. The number of rotatable bonds is 2. The molecular formula is C13H17ClN2S. The molecule has 1 fully saturated rings. The molecule has 0 spiro atoms. The zero-order valence-electron chi connectivity index (χ0n) is 9.79. The number of halogens is 1. The molecule has 1 aromatic rings. The molecule has 1 saturated heterocycles. The summed E-state index contributed by atoms with van der Waals surface area (Å²) in [7, 11) is 0. The third kappa shape index (κ3) is 3.11. The van der Waals surface area contributed by atoms with Crippen LogP contribution in [0.1, 0.15) is 31.2 Å². The van der Waals surface area contributed by atoms with Crippen molar-refractivity contribution in [1.82, 2.24) is 0 Å². The van der Waals surface area contributed by atoms with Gasteiger partial charge in [-0.05, 0) is 31.0 Å². The summed E-state index contributed by atoms with van der Waals surface area (Å²) < 4.78 is 0. The summed E-state index contributed by atoms with van der Waals surface area (Å²) in [5.74, 6) is 0. The fourth-order valence-electron chi connectivity index (χ4n) is 2.23. The van der Waals surface area contributed by atoms with Gasteiger partial charge in [-0.3, -0.25) is 0 Å². The Balaban J connectivity index is 2.21. The zero-order chi connectivity index (χ0) is 12.3. The first-order valence-electron chi connectivity index (χ1n) is 6.03. The van der Waals surface area contributed by atoms with Crippen LogP contribution in [0, 0.1) is 0 Å². The highest BCUT2D eigenvalue weighted by Crippen LogP contribution is 2.25. The quantitative estimate of drug-likeness (QED) is 0.834. The van der Waals surface area contributed by atoms with Crippen molar-refractivity contribution in [3.05, 3.63) is 28.8 Å². The monoisotopic (exact) mass is 268 g/mol. The minimum Gasteiger partial charge on any atom is -0.389 e. The second-order valence-corrected chi connectivity index (χ2v) is 5.28. The SMILES string of the molecule is NC(=S)c1ccc(N2CCCCCC2)cc1Cl. The highest BCUT2D eigenvalue weighted by atomic mass is 35.5. The van der Waals surface area contributed by atoms with E-state index in [1.54, 1.807) is 0 Å². The molecule has 0 radical (unpaired) electrons. The highest BCUT2D eigenvalue weighted by molar-refractivity contribution is 7.80. The van der Waals surface area contributed by atoms with E-state index in [1.807, 2.05) is 12.1 Å². The lowest BCUT2D eigenvalue weighted by atomic mass is 10.2. The van der Waals surface area contributed by atoms with Crippen molar-refractivity contribution in [2.75, 3.05) is 18.0 Å². The van der Waals surface area contributed by atoms with Gasteiger partial charge in [-0.2, -0.15) is 0 Å². The first-order valence-corrected chi connectivity index (χ1v) is 6.81. The molecule has 0 unspecified atom stereocenters. The van der Waals surface area contributed by atoms with Gasteiger partial charge in [0.1, 0.15) is 4.99 Å². The Bertz CT molecular complexity index is 412. The summed E-state index contributed by atoms with van der Waals surface area (Å²) >= 11 is 11.1. The van der Waals surface area contributed by atoms with Crippen LogP contribution >= 0.6 is 23.8 Å². The fraction of sp³-hybridized carbons (Fsp3) is 0.462. The van der Waals surface area contributed by atoms with E-state index < -0.39 is 0 Å². The standard InChI is InChI=1S/C13H17ClN2S/c14-12-9-10(5-6-11(12)13(15)17)16-7-3-1-2-4-8-16/h5-6,9H,1-4,7-8H2,(H2,15,17). The highest BCUT2D eigenvalue weighted by Gasteiger charge is 2.12. The van der Waals surface area contributed by atoms with Gasteiger partial charge < -0.3 is 10.6 Å². The van der Waals surface area contributed by atoms with Crippen LogP contribution in [0.2, 0.25) is 5.02 Å². The summed E-state index contributed by atoms with van der Waals surface area (Å²) in [5.41, 5.74) is 7.54. The molecule has 0 saturated carbocycles. The molecule has 1 aliphatic rings. The van der Waals surface area contributed by atoms with E-state index in [4.69, 9.17) is 29.6 Å². The van der Waals surface area contributed by atoms with Gasteiger partial charge in [0.15, 0.2) is 0 Å². The average Bonchev–Trinajstić information content (AvgIpc) is 2.56. The normalized spacial score (nSPS) is 16.6. The third-order valence-electron chi connectivity index (χ3n) is 3.19. The largest absolute Gasteiger partial charge is 0.389 e. The van der Waals surface area contributed by atoms with Crippen LogP contribution in [0.5, 0.6) is 0 Å². The van der Waals surface area contributed by atoms with Gasteiger partial charge in [0.05, 0.1) is 5.02 Å². The van der Waals surface area contributed by atoms with E-state index >= 15 is 0 Å². The molecular weight excluding hydrogens is 252 g/mol. The van der Waals surface area contributed by atoms with Crippen molar-refractivity contribution in [3.8, 4) is 0 Å². The van der Waals surface area contributed by atoms with Crippen LogP contribution in [0.15, 0.2) is 18.2 Å². The molecule has 0 aliphatic carbocycles. The molecule has 0 aromatic heterocycles. The van der Waals surface area contributed by atoms with Gasteiger partial charge in [0.25, 0.3) is 0 Å². The number of benzene rings is 1. The summed E-state index contributed by atoms with van der Waals surface area (Å²) in [5, 5.41) is 0.652. The molecule has 92 valence electrons. The molecule has 1 aromatic carbocycles. The van der Waals surface area contributed by atoms with E-state index in [2.05, 4.69) is 11.0 Å². The van der Waals surface area contributed by atoms with Gasteiger partial charge in [-0.25, -0.2) is 0 Å². The van der Waals surface area contributed by atoms with Crippen LogP contribution in [-0.2, 0) is 0 Å². The van der Waals surface area contributed by atoms with Crippen molar-refractivity contribution in [1.29, 1.82) is 0 Å². The lowest BCUT2D eigenvalue weighted by molar-refractivity contribution is 0.726. The van der Waals surface area contributed by atoms with Gasteiger partial charge in [-0.1, -0.05) is 36.7 Å². The minimum absolute atomic E-state index is 0.359. The predicted molar refractivity (Wildman–Crippen MR) is 78.0 cm³/mol. The number of hydrogen-bond acceptors (Lipinski definition) is 2. The Hall–Kier alpha value is -0.800. The molecule has 0 amide bonds. The van der Waals surface area contributed by atoms with Crippen molar-refractivity contribution in [2.24, 2.45) is 5.73 Å². The summed E-state index contributed by atoms with van der Waals surface area (Å²) in [4.78, 5) is 2.75. The summed E-state index contributed by atoms with van der Waals surface area (Å²) in [6.07, 6.45) is 5.17. The molecule has 1 aliphatic heterocycles. The van der Waals surface area contributed by atoms with E-state index in [9.17, 15) is 0 Å². The molecule has 1 heterocycles. The van der Waals surface area contributed by atoms with Crippen LogP contribution in [0.25, 0.3) is 0 Å². The van der Waals surface area contributed by atoms with Gasteiger partial charge in [-0.15, -0.1) is 0 Å². The lowest BCUT2D eigenvalue weighted by Crippen LogP contribution is -2.24. The van der Waals surface area contributed by atoms with Crippen LogP contribution < -0.4 is 10.6 Å². The molecule has 2 N–H and O–H groups in total. The molecule has 0 atom stereocenters. The second kappa shape index (κ2) is 5.69. The number of hydrogen-bond donors (Lipinski definition) is 1. The Morgan fingerprint density at radius 3 is 2.35 bits per heavy atom. The molecule has 2 nitrogen and oxygen atoms in total. The average molecular weight is 269 g/mol. The number of anilines is 1. The van der Waals surface area contributed by atoms with Crippen LogP contribution in [0.4, 0.5) is 5.69 Å². The first-order chi connectivity index (χ1) is 8.18. The molecule has 2 rings (SSSR count). The number of thiocarbonyl (C=S) groups is 1. The lowest BCUT2D eigenvalue weighted by Gasteiger charge is -2.23. The third-order valence-corrected chi connectivity index (χ3v) is 3.72. The second-order valence-electron chi connectivity index (χ2n) is 4.43. The van der Waals surface area contributed by atoms with Gasteiger partial charge in [0.2, 0.25) is 0 Å². The minimum atomic E-state index is 0.359. The van der Waals surface area contributed by atoms with Crippen molar-refractivity contribution in [2.45, 2.75) is 25.7 Å². The number of nitrogens with two attached hydrogens (primary N) is 1. The maximum Gasteiger partial charge on any atom is 0.105 e. The molecule has 17 heavy (non-hydrogen) atoms. The molecule has 0 bridgehead atoms. The fourth-order valence-corrected chi connectivity index (χ4v) is 2.74. The summed E-state index contributed by atoms with van der Waals surface area (Å²) in [6, 6.07) is 5.96. The Kier molecular flexibility index (Phi) is 4.24. The Labute approximate surface area is 113 Å². The summed E-state index contributed by atoms with van der Waals surface area (Å²) in [6.45, 7) is 2.23. The van der Waals surface area contributed by atoms with Crippen molar-refractivity contribution < 1.29 is 0 Å². The first kappa shape index (κ1) is 12.7. The predicted octanol–water partition coefficient (Wildman–Crippen LogP) is 3.35. The number of nitrogens with zero attached hydrogens (tertiary/aromatic N) is 1. The van der Waals surface area contributed by atoms with E-state index in [0.717, 1.165) is 18.7 Å². The Morgan fingerprint density at radius 2 is 1.82 bits per heavy atom. The zero-order valence-corrected chi connectivity index (χ0v) is 11.4. The van der Waals surface area contributed by atoms with Crippen molar-refractivity contribution >= 4 is 34.5 Å². The smallest absolute Gasteiger partial charge is 0.105 e. The van der Waals surface area contributed by atoms with E-state index in [0.29, 0.717) is 10.0 Å². The Morgan fingerprint density at radius 1 is 1.18 bits per heavy atom. The van der Waals surface area contributed by atoms with Crippen LogP contribution in [-0.4, -0.2) is 18.1 Å². The van der Waals surface area contributed by atoms with E-state index in [1.165, 1.54) is 31.4 Å². The topological polar surface area (TPSA) is 29.3 Å². The van der Waals surface area contributed by atoms with Gasteiger partial charge in [0, 0.05) is 24.3 Å². The van der Waals surface area contributed by atoms with Gasteiger partial charge >= 0.3 is 0 Å². The maximum atomic E-state index is 6.19. The van der Waals surface area contributed by atoms with E-state index in [-0.39, 0.29) is 0 Å².